The van der Waals surface area contributed by atoms with Gasteiger partial charge in [0.15, 0.2) is 9.84 Å². The van der Waals surface area contributed by atoms with Crippen LogP contribution in [-0.4, -0.2) is 36.1 Å². The third kappa shape index (κ3) is 4.64. The Morgan fingerprint density at radius 1 is 1.35 bits per heavy atom. The largest absolute Gasteiger partial charge is 0.351 e. The number of nitrogens with zero attached hydrogens (tertiary/aromatic N) is 1. The molecule has 0 saturated heterocycles. The van der Waals surface area contributed by atoms with Crippen molar-refractivity contribution in [3.63, 3.8) is 0 Å². The molecule has 2 rings (SSSR count). The second kappa shape index (κ2) is 7.38. The zero-order chi connectivity index (χ0) is 16.9. The molecule has 1 amide bonds. The maximum absolute atomic E-state index is 11.9. The van der Waals surface area contributed by atoms with Gasteiger partial charge in [-0.05, 0) is 17.7 Å². The van der Waals surface area contributed by atoms with Crippen LogP contribution in [0.2, 0.25) is 0 Å². The van der Waals surface area contributed by atoms with E-state index in [1.54, 1.807) is 37.4 Å². The number of hydrogen-bond donors (Lipinski definition) is 3. The second-order valence-electron chi connectivity index (χ2n) is 5.15. The van der Waals surface area contributed by atoms with Crippen molar-refractivity contribution in [2.45, 2.75) is 30.8 Å². The molecule has 8 heteroatoms. The number of nitrogens with two attached hydrogens (primary N) is 1. The Hall–Kier alpha value is -2.19. The van der Waals surface area contributed by atoms with Gasteiger partial charge in [-0.3, -0.25) is 4.79 Å². The number of hydrogen-bond acceptors (Lipinski definition) is 5. The standard InChI is InChI=1S/C15H20N4O3S/c1-2-23(21,22)13-5-3-11(4-6-13)8-18-15(20)14(16)7-12-9-17-10-19-12/h3-6,9-10,14H,2,7-8,16H2,1H3,(H,17,19)(H,18,20)/t14-/m0/s1. The van der Waals surface area contributed by atoms with Crippen molar-refractivity contribution in [3.05, 3.63) is 48.0 Å². The monoisotopic (exact) mass is 336 g/mol. The maximum atomic E-state index is 11.9. The summed E-state index contributed by atoms with van der Waals surface area (Å²) in [5.41, 5.74) is 7.43. The molecule has 0 aliphatic carbocycles. The van der Waals surface area contributed by atoms with E-state index in [1.807, 2.05) is 0 Å². The molecule has 1 heterocycles. The smallest absolute Gasteiger partial charge is 0.237 e. The highest BCUT2D eigenvalue weighted by Gasteiger charge is 2.15. The van der Waals surface area contributed by atoms with Gasteiger partial charge < -0.3 is 16.0 Å². The summed E-state index contributed by atoms with van der Waals surface area (Å²) in [6.45, 7) is 1.90. The first-order valence-electron chi connectivity index (χ1n) is 7.24. The zero-order valence-electron chi connectivity index (χ0n) is 12.8. The summed E-state index contributed by atoms with van der Waals surface area (Å²) >= 11 is 0. The van der Waals surface area contributed by atoms with Crippen LogP contribution in [0.3, 0.4) is 0 Å². The lowest BCUT2D eigenvalue weighted by Crippen LogP contribution is -2.41. The molecule has 0 radical (unpaired) electrons. The van der Waals surface area contributed by atoms with Gasteiger partial charge in [-0.1, -0.05) is 19.1 Å². The van der Waals surface area contributed by atoms with Crippen LogP contribution in [0.1, 0.15) is 18.2 Å². The SMILES string of the molecule is CCS(=O)(=O)c1ccc(CNC(=O)[C@@H](N)Cc2cnc[nH]2)cc1. The van der Waals surface area contributed by atoms with Crippen LogP contribution in [0.25, 0.3) is 0 Å². The minimum atomic E-state index is -3.21. The predicted octanol–water partition coefficient (Wildman–Crippen LogP) is 0.390. The summed E-state index contributed by atoms with van der Waals surface area (Å²) in [6, 6.07) is 5.79. The summed E-state index contributed by atoms with van der Waals surface area (Å²) < 4.78 is 23.4. The van der Waals surface area contributed by atoms with Crippen molar-refractivity contribution in [1.82, 2.24) is 15.3 Å². The molecule has 4 N–H and O–H groups in total. The van der Waals surface area contributed by atoms with E-state index < -0.39 is 15.9 Å². The van der Waals surface area contributed by atoms with E-state index in [4.69, 9.17) is 5.73 Å². The molecule has 0 spiro atoms. The Morgan fingerprint density at radius 2 is 2.04 bits per heavy atom. The number of rotatable bonds is 7. The van der Waals surface area contributed by atoms with E-state index in [2.05, 4.69) is 15.3 Å². The zero-order valence-corrected chi connectivity index (χ0v) is 13.6. The molecule has 0 bridgehead atoms. The van der Waals surface area contributed by atoms with Crippen molar-refractivity contribution in [1.29, 1.82) is 0 Å². The van der Waals surface area contributed by atoms with Crippen molar-refractivity contribution >= 4 is 15.7 Å². The first kappa shape index (κ1) is 17.2. The van der Waals surface area contributed by atoms with E-state index in [0.29, 0.717) is 13.0 Å². The molecule has 124 valence electrons. The molecule has 1 atom stereocenters. The van der Waals surface area contributed by atoms with Crippen LogP contribution >= 0.6 is 0 Å². The number of nitrogens with one attached hydrogen (secondary N) is 2. The van der Waals surface area contributed by atoms with Crippen LogP contribution in [0.15, 0.2) is 41.7 Å². The fraction of sp³-hybridized carbons (Fsp3) is 0.333. The van der Waals surface area contributed by atoms with Crippen molar-refractivity contribution < 1.29 is 13.2 Å². The average Bonchev–Trinajstić information content (AvgIpc) is 3.05. The van der Waals surface area contributed by atoms with Gasteiger partial charge in [0.1, 0.15) is 0 Å². The number of aromatic nitrogens is 2. The summed E-state index contributed by atoms with van der Waals surface area (Å²) in [4.78, 5) is 19.0. The van der Waals surface area contributed by atoms with E-state index in [-0.39, 0.29) is 16.6 Å². The normalized spacial score (nSPS) is 12.8. The minimum Gasteiger partial charge on any atom is -0.351 e. The molecule has 7 nitrogen and oxygen atoms in total. The number of sulfone groups is 1. The first-order chi connectivity index (χ1) is 10.9. The Bertz CT molecular complexity index is 740. The molecule has 0 unspecified atom stereocenters. The van der Waals surface area contributed by atoms with Crippen LogP contribution in [0, 0.1) is 0 Å². The highest BCUT2D eigenvalue weighted by molar-refractivity contribution is 7.91. The molecule has 23 heavy (non-hydrogen) atoms. The first-order valence-corrected chi connectivity index (χ1v) is 8.90. The highest BCUT2D eigenvalue weighted by Crippen LogP contribution is 2.12. The quantitative estimate of drug-likeness (QED) is 0.676. The number of carbonyl (C=O) groups excluding carboxylic acids is 1. The summed E-state index contributed by atoms with van der Waals surface area (Å²) in [7, 11) is -3.21. The van der Waals surface area contributed by atoms with Gasteiger partial charge in [0, 0.05) is 24.9 Å². The number of amides is 1. The van der Waals surface area contributed by atoms with Crippen molar-refractivity contribution in [3.8, 4) is 0 Å². The Morgan fingerprint density at radius 3 is 2.61 bits per heavy atom. The van der Waals surface area contributed by atoms with Gasteiger partial charge >= 0.3 is 0 Å². The molecule has 2 aromatic rings. The van der Waals surface area contributed by atoms with E-state index in [0.717, 1.165) is 11.3 Å². The molecular weight excluding hydrogens is 316 g/mol. The lowest BCUT2D eigenvalue weighted by molar-refractivity contribution is -0.122. The van der Waals surface area contributed by atoms with Gasteiger partial charge in [0.25, 0.3) is 0 Å². The van der Waals surface area contributed by atoms with Gasteiger partial charge in [-0.15, -0.1) is 0 Å². The van der Waals surface area contributed by atoms with Crippen LogP contribution in [-0.2, 0) is 27.6 Å². The van der Waals surface area contributed by atoms with Crippen LogP contribution < -0.4 is 11.1 Å². The lowest BCUT2D eigenvalue weighted by atomic mass is 10.1. The average molecular weight is 336 g/mol. The number of aromatic amines is 1. The molecule has 1 aromatic heterocycles. The maximum Gasteiger partial charge on any atom is 0.237 e. The Kier molecular flexibility index (Phi) is 5.51. The van der Waals surface area contributed by atoms with Crippen molar-refractivity contribution in [2.75, 3.05) is 5.75 Å². The second-order valence-corrected chi connectivity index (χ2v) is 7.43. The summed E-state index contributed by atoms with van der Waals surface area (Å²) in [5.74, 6) is -0.212. The van der Waals surface area contributed by atoms with Crippen molar-refractivity contribution in [2.24, 2.45) is 5.73 Å². The van der Waals surface area contributed by atoms with Gasteiger partial charge in [-0.25, -0.2) is 13.4 Å². The third-order valence-corrected chi connectivity index (χ3v) is 5.21. The summed E-state index contributed by atoms with van der Waals surface area (Å²) in [6.07, 6.45) is 3.53. The molecule has 0 aliphatic rings. The third-order valence-electron chi connectivity index (χ3n) is 3.46. The topological polar surface area (TPSA) is 118 Å². The fourth-order valence-electron chi connectivity index (χ4n) is 2.03. The minimum absolute atomic E-state index is 0.0610. The number of benzene rings is 1. The van der Waals surface area contributed by atoms with E-state index in [9.17, 15) is 13.2 Å². The Balaban J connectivity index is 1.89. The molecule has 1 aromatic carbocycles. The summed E-state index contributed by atoms with van der Waals surface area (Å²) in [5, 5.41) is 2.74. The van der Waals surface area contributed by atoms with E-state index in [1.165, 1.54) is 6.33 Å². The lowest BCUT2D eigenvalue weighted by Gasteiger charge is -2.11. The van der Waals surface area contributed by atoms with Crippen LogP contribution in [0.4, 0.5) is 0 Å². The fourth-order valence-corrected chi connectivity index (χ4v) is 2.91. The van der Waals surface area contributed by atoms with Gasteiger partial charge in [-0.2, -0.15) is 0 Å². The number of imidazole rings is 1. The molecular formula is C15H20N4O3S. The van der Waals surface area contributed by atoms with E-state index >= 15 is 0 Å². The molecule has 0 saturated carbocycles. The van der Waals surface area contributed by atoms with Gasteiger partial charge in [0.05, 0.1) is 23.0 Å². The highest BCUT2D eigenvalue weighted by atomic mass is 32.2. The van der Waals surface area contributed by atoms with Crippen LogP contribution in [0.5, 0.6) is 0 Å². The predicted molar refractivity (Wildman–Crippen MR) is 86.3 cm³/mol. The number of carbonyl (C=O) groups is 1. The Labute approximate surface area is 135 Å². The molecule has 0 aliphatic heterocycles. The molecule has 0 fully saturated rings. The number of H-pyrrole nitrogens is 1. The van der Waals surface area contributed by atoms with Gasteiger partial charge in [0.2, 0.25) is 5.91 Å².